The Kier molecular flexibility index (Phi) is 4.83. The van der Waals surface area contributed by atoms with E-state index in [1.54, 1.807) is 36.5 Å². The Balaban J connectivity index is 1.95. The number of anilines is 3. The lowest BCUT2D eigenvalue weighted by molar-refractivity contribution is -0.137. The Labute approximate surface area is 146 Å². The van der Waals surface area contributed by atoms with Gasteiger partial charge in [0.25, 0.3) is 5.91 Å². The van der Waals surface area contributed by atoms with Gasteiger partial charge in [0.05, 0.1) is 16.9 Å². The first-order chi connectivity index (χ1) is 12.4. The number of nitrogens with zero attached hydrogens (tertiary/aromatic N) is 2. The molecule has 0 aliphatic carbocycles. The summed E-state index contributed by atoms with van der Waals surface area (Å²) in [6.07, 6.45) is -1.57. The molecule has 1 amide bonds. The minimum Gasteiger partial charge on any atom is -0.339 e. The van der Waals surface area contributed by atoms with Crippen molar-refractivity contribution in [3.8, 4) is 0 Å². The zero-order valence-electron chi connectivity index (χ0n) is 13.3. The maximum Gasteiger partial charge on any atom is 0.416 e. The summed E-state index contributed by atoms with van der Waals surface area (Å²) < 4.78 is 39.1. The van der Waals surface area contributed by atoms with Crippen LogP contribution in [0.2, 0.25) is 0 Å². The number of hydrogen-bond donors (Lipinski definition) is 2. The summed E-state index contributed by atoms with van der Waals surface area (Å²) in [5.74, 6) is -0.186. The number of rotatable bonds is 4. The highest BCUT2D eigenvalue weighted by molar-refractivity contribution is 6.04. The van der Waals surface area contributed by atoms with Gasteiger partial charge in [0.2, 0.25) is 0 Å². The van der Waals surface area contributed by atoms with E-state index >= 15 is 0 Å². The smallest absolute Gasteiger partial charge is 0.339 e. The van der Waals surface area contributed by atoms with Crippen LogP contribution >= 0.6 is 0 Å². The molecule has 2 aromatic heterocycles. The van der Waals surface area contributed by atoms with Gasteiger partial charge < -0.3 is 10.6 Å². The molecule has 26 heavy (non-hydrogen) atoms. The number of carbonyl (C=O) groups excluding carboxylic acids is 1. The molecule has 8 heteroatoms. The summed E-state index contributed by atoms with van der Waals surface area (Å²) >= 11 is 0. The third-order valence-corrected chi connectivity index (χ3v) is 3.42. The molecule has 0 saturated carbocycles. The van der Waals surface area contributed by atoms with Gasteiger partial charge in [-0.15, -0.1) is 0 Å². The molecule has 3 rings (SSSR count). The molecule has 0 atom stereocenters. The van der Waals surface area contributed by atoms with Crippen LogP contribution in [0.5, 0.6) is 0 Å². The third kappa shape index (κ3) is 4.15. The first kappa shape index (κ1) is 17.4. The highest BCUT2D eigenvalue weighted by Crippen LogP contribution is 2.35. The molecule has 0 bridgehead atoms. The maximum absolute atomic E-state index is 13.0. The fraction of sp³-hybridized carbons (Fsp3) is 0.0556. The second kappa shape index (κ2) is 7.22. The normalized spacial score (nSPS) is 11.0. The molecule has 0 aliphatic heterocycles. The van der Waals surface area contributed by atoms with Crippen molar-refractivity contribution in [2.75, 3.05) is 10.6 Å². The summed E-state index contributed by atoms with van der Waals surface area (Å²) in [5.41, 5.74) is -0.531. The highest BCUT2D eigenvalue weighted by Gasteiger charge is 2.31. The lowest BCUT2D eigenvalue weighted by Gasteiger charge is -2.15. The molecule has 2 N–H and O–H groups in total. The van der Waals surface area contributed by atoms with Gasteiger partial charge in [-0.2, -0.15) is 13.2 Å². The van der Waals surface area contributed by atoms with E-state index in [-0.39, 0.29) is 17.1 Å². The minimum absolute atomic E-state index is 0.0267. The van der Waals surface area contributed by atoms with Crippen LogP contribution in [0, 0.1) is 0 Å². The average Bonchev–Trinajstić information content (AvgIpc) is 2.64. The van der Waals surface area contributed by atoms with Crippen LogP contribution in [0.1, 0.15) is 16.1 Å². The summed E-state index contributed by atoms with van der Waals surface area (Å²) in [6, 6.07) is 12.8. The highest BCUT2D eigenvalue weighted by atomic mass is 19.4. The fourth-order valence-electron chi connectivity index (χ4n) is 2.19. The number of halogens is 3. The fourth-order valence-corrected chi connectivity index (χ4v) is 2.19. The monoisotopic (exact) mass is 358 g/mol. The minimum atomic E-state index is -4.53. The molecule has 1 aromatic carbocycles. The number of pyridine rings is 2. The van der Waals surface area contributed by atoms with E-state index < -0.39 is 17.6 Å². The molecular formula is C18H13F3N4O. The molecule has 0 unspecified atom stereocenters. The first-order valence-electron chi connectivity index (χ1n) is 7.55. The van der Waals surface area contributed by atoms with Gasteiger partial charge >= 0.3 is 6.18 Å². The van der Waals surface area contributed by atoms with E-state index in [0.717, 1.165) is 12.1 Å². The van der Waals surface area contributed by atoms with Crippen LogP contribution in [0.3, 0.4) is 0 Å². The largest absolute Gasteiger partial charge is 0.416 e. The second-order valence-electron chi connectivity index (χ2n) is 5.27. The second-order valence-corrected chi connectivity index (χ2v) is 5.27. The number of hydrogen-bond acceptors (Lipinski definition) is 4. The van der Waals surface area contributed by atoms with E-state index in [0.29, 0.717) is 5.82 Å². The lowest BCUT2D eigenvalue weighted by atomic mass is 10.1. The molecule has 3 aromatic rings. The van der Waals surface area contributed by atoms with Gasteiger partial charge in [-0.25, -0.2) is 4.98 Å². The molecule has 0 aliphatic rings. The molecule has 132 valence electrons. The van der Waals surface area contributed by atoms with Crippen molar-refractivity contribution in [2.45, 2.75) is 6.18 Å². The summed E-state index contributed by atoms with van der Waals surface area (Å²) in [4.78, 5) is 20.2. The van der Waals surface area contributed by atoms with E-state index in [1.807, 2.05) is 0 Å². The van der Waals surface area contributed by atoms with Crippen LogP contribution in [0.4, 0.5) is 30.4 Å². The zero-order chi connectivity index (χ0) is 18.6. The summed E-state index contributed by atoms with van der Waals surface area (Å²) in [6.45, 7) is 0. The number of carbonyl (C=O) groups is 1. The maximum atomic E-state index is 13.0. The molecular weight excluding hydrogens is 345 g/mol. The number of alkyl halides is 3. The molecule has 0 spiro atoms. The molecule has 2 heterocycles. The van der Waals surface area contributed by atoms with Crippen molar-refractivity contribution in [3.05, 3.63) is 78.2 Å². The van der Waals surface area contributed by atoms with Gasteiger partial charge in [-0.3, -0.25) is 9.78 Å². The van der Waals surface area contributed by atoms with Crippen molar-refractivity contribution in [3.63, 3.8) is 0 Å². The van der Waals surface area contributed by atoms with E-state index in [2.05, 4.69) is 20.6 Å². The van der Waals surface area contributed by atoms with Crippen LogP contribution in [0.15, 0.2) is 67.0 Å². The third-order valence-electron chi connectivity index (χ3n) is 3.42. The van der Waals surface area contributed by atoms with Crippen LogP contribution in [-0.2, 0) is 6.18 Å². The van der Waals surface area contributed by atoms with Gasteiger partial charge in [-0.1, -0.05) is 12.1 Å². The molecule has 0 radical (unpaired) electrons. The van der Waals surface area contributed by atoms with Crippen LogP contribution in [-0.4, -0.2) is 15.9 Å². The Morgan fingerprint density at radius 2 is 1.62 bits per heavy atom. The number of aromatic nitrogens is 2. The Morgan fingerprint density at radius 1 is 0.885 bits per heavy atom. The predicted molar refractivity (Wildman–Crippen MR) is 91.2 cm³/mol. The van der Waals surface area contributed by atoms with Crippen LogP contribution in [0.25, 0.3) is 0 Å². The van der Waals surface area contributed by atoms with Crippen LogP contribution < -0.4 is 10.6 Å². The zero-order valence-corrected chi connectivity index (χ0v) is 13.3. The predicted octanol–water partition coefficient (Wildman–Crippen LogP) is 4.49. The summed E-state index contributed by atoms with van der Waals surface area (Å²) in [5, 5.41) is 5.36. The Morgan fingerprint density at radius 3 is 2.23 bits per heavy atom. The quantitative estimate of drug-likeness (QED) is 0.721. The average molecular weight is 358 g/mol. The van der Waals surface area contributed by atoms with E-state index in [1.165, 1.54) is 18.3 Å². The lowest BCUT2D eigenvalue weighted by Crippen LogP contribution is -2.15. The number of amides is 1. The SMILES string of the molecule is O=C(Nc1cc(C(F)(F)F)ccc1Nc1ccccn1)c1ccccn1. The van der Waals surface area contributed by atoms with Crippen molar-refractivity contribution in [1.82, 2.24) is 9.97 Å². The molecule has 0 saturated heterocycles. The van der Waals surface area contributed by atoms with Gasteiger partial charge in [0.15, 0.2) is 0 Å². The van der Waals surface area contributed by atoms with E-state index in [4.69, 9.17) is 0 Å². The van der Waals surface area contributed by atoms with Crippen molar-refractivity contribution >= 4 is 23.1 Å². The topological polar surface area (TPSA) is 66.9 Å². The summed E-state index contributed by atoms with van der Waals surface area (Å²) in [7, 11) is 0. The van der Waals surface area contributed by atoms with Crippen molar-refractivity contribution < 1.29 is 18.0 Å². The number of nitrogens with one attached hydrogen (secondary N) is 2. The van der Waals surface area contributed by atoms with Gasteiger partial charge in [0.1, 0.15) is 11.5 Å². The first-order valence-corrected chi connectivity index (χ1v) is 7.55. The van der Waals surface area contributed by atoms with Gasteiger partial charge in [-0.05, 0) is 42.5 Å². The standard InChI is InChI=1S/C18H13F3N4O/c19-18(20,21)12-7-8-13(24-16-6-2-4-10-23-16)15(11-12)25-17(26)14-5-1-3-9-22-14/h1-11H,(H,23,24)(H,25,26). The Hall–Kier alpha value is -3.42. The molecule has 0 fully saturated rings. The Bertz CT molecular complexity index is 899. The van der Waals surface area contributed by atoms with Gasteiger partial charge in [0, 0.05) is 12.4 Å². The number of benzene rings is 1. The van der Waals surface area contributed by atoms with E-state index in [9.17, 15) is 18.0 Å². The van der Waals surface area contributed by atoms with Crippen molar-refractivity contribution in [1.29, 1.82) is 0 Å². The van der Waals surface area contributed by atoms with Crippen molar-refractivity contribution in [2.24, 2.45) is 0 Å². The molecule has 5 nitrogen and oxygen atoms in total.